The van der Waals surface area contributed by atoms with Crippen molar-refractivity contribution in [1.82, 2.24) is 5.32 Å². The van der Waals surface area contributed by atoms with Gasteiger partial charge in [0, 0.05) is 12.1 Å². The van der Waals surface area contributed by atoms with Crippen molar-refractivity contribution in [3.8, 4) is 0 Å². The van der Waals surface area contributed by atoms with Gasteiger partial charge in [-0.25, -0.2) is 0 Å². The van der Waals surface area contributed by atoms with E-state index in [9.17, 15) is 4.79 Å². The standard InChI is InChI=1S/C14H22N2O/c1-11-5-4-6-12(9-11)13(17)16-10-14(2,3)7-8-15/h4-6,9H,7-8,10,15H2,1-3H3,(H,16,17). The Balaban J connectivity index is 2.56. The van der Waals surface area contributed by atoms with Crippen molar-refractivity contribution >= 4 is 5.91 Å². The molecule has 0 unspecified atom stereocenters. The van der Waals surface area contributed by atoms with Crippen molar-refractivity contribution in [3.05, 3.63) is 35.4 Å². The molecule has 0 fully saturated rings. The number of aryl methyl sites for hydroxylation is 1. The Hall–Kier alpha value is -1.35. The first-order valence-electron chi connectivity index (χ1n) is 5.99. The van der Waals surface area contributed by atoms with Gasteiger partial charge in [-0.2, -0.15) is 0 Å². The first-order chi connectivity index (χ1) is 7.94. The van der Waals surface area contributed by atoms with Crippen LogP contribution in [-0.2, 0) is 0 Å². The van der Waals surface area contributed by atoms with E-state index in [-0.39, 0.29) is 11.3 Å². The predicted molar refractivity (Wildman–Crippen MR) is 71.0 cm³/mol. The van der Waals surface area contributed by atoms with Crippen LogP contribution in [0.1, 0.15) is 36.2 Å². The van der Waals surface area contributed by atoms with Crippen LogP contribution in [0, 0.1) is 12.3 Å². The van der Waals surface area contributed by atoms with Crippen molar-refractivity contribution in [2.24, 2.45) is 11.1 Å². The minimum absolute atomic E-state index is 0.0150. The van der Waals surface area contributed by atoms with Gasteiger partial charge in [-0.15, -0.1) is 0 Å². The van der Waals surface area contributed by atoms with E-state index in [1.807, 2.05) is 31.2 Å². The molecular weight excluding hydrogens is 212 g/mol. The van der Waals surface area contributed by atoms with E-state index < -0.39 is 0 Å². The Morgan fingerprint density at radius 2 is 2.12 bits per heavy atom. The summed E-state index contributed by atoms with van der Waals surface area (Å²) in [4.78, 5) is 11.9. The maximum absolute atomic E-state index is 11.9. The second-order valence-corrected chi connectivity index (χ2v) is 5.26. The molecule has 1 rings (SSSR count). The Labute approximate surface area is 103 Å². The fourth-order valence-electron chi connectivity index (χ4n) is 1.69. The molecule has 0 aromatic heterocycles. The second kappa shape index (κ2) is 5.82. The molecule has 0 heterocycles. The number of amides is 1. The quantitative estimate of drug-likeness (QED) is 0.819. The third-order valence-corrected chi connectivity index (χ3v) is 2.83. The lowest BCUT2D eigenvalue weighted by Crippen LogP contribution is -2.35. The number of rotatable bonds is 5. The van der Waals surface area contributed by atoms with Crippen molar-refractivity contribution < 1.29 is 4.79 Å². The summed E-state index contributed by atoms with van der Waals surface area (Å²) in [7, 11) is 0. The minimum atomic E-state index is -0.0150. The largest absolute Gasteiger partial charge is 0.352 e. The Kier molecular flexibility index (Phi) is 4.70. The molecule has 1 aromatic rings. The van der Waals surface area contributed by atoms with Crippen LogP contribution in [0.25, 0.3) is 0 Å². The molecule has 1 amide bonds. The molecule has 0 aliphatic heterocycles. The lowest BCUT2D eigenvalue weighted by Gasteiger charge is -2.24. The molecule has 0 radical (unpaired) electrons. The van der Waals surface area contributed by atoms with Gasteiger partial charge in [-0.3, -0.25) is 4.79 Å². The third-order valence-electron chi connectivity index (χ3n) is 2.83. The van der Waals surface area contributed by atoms with Crippen molar-refractivity contribution in [2.45, 2.75) is 27.2 Å². The number of nitrogens with two attached hydrogens (primary N) is 1. The number of carbonyl (C=O) groups excluding carboxylic acids is 1. The molecule has 1 aromatic carbocycles. The van der Waals surface area contributed by atoms with Gasteiger partial charge in [0.15, 0.2) is 0 Å². The fourth-order valence-corrected chi connectivity index (χ4v) is 1.69. The van der Waals surface area contributed by atoms with E-state index in [1.165, 1.54) is 0 Å². The summed E-state index contributed by atoms with van der Waals surface area (Å²) in [5, 5.41) is 2.96. The number of carbonyl (C=O) groups is 1. The molecule has 94 valence electrons. The average Bonchev–Trinajstić information content (AvgIpc) is 2.26. The molecule has 0 bridgehead atoms. The van der Waals surface area contributed by atoms with Crippen LogP contribution < -0.4 is 11.1 Å². The van der Waals surface area contributed by atoms with Crippen LogP contribution in [0.5, 0.6) is 0 Å². The molecule has 17 heavy (non-hydrogen) atoms. The topological polar surface area (TPSA) is 55.1 Å². The van der Waals surface area contributed by atoms with E-state index in [0.717, 1.165) is 12.0 Å². The van der Waals surface area contributed by atoms with E-state index >= 15 is 0 Å². The monoisotopic (exact) mass is 234 g/mol. The molecule has 0 atom stereocenters. The molecule has 3 heteroatoms. The zero-order valence-electron chi connectivity index (χ0n) is 10.9. The van der Waals surface area contributed by atoms with Gasteiger partial charge < -0.3 is 11.1 Å². The first-order valence-corrected chi connectivity index (χ1v) is 5.99. The SMILES string of the molecule is Cc1cccc(C(=O)NCC(C)(C)CCN)c1. The van der Waals surface area contributed by atoms with E-state index in [1.54, 1.807) is 0 Å². The summed E-state index contributed by atoms with van der Waals surface area (Å²) in [6.07, 6.45) is 0.904. The smallest absolute Gasteiger partial charge is 0.251 e. The van der Waals surface area contributed by atoms with Gasteiger partial charge in [0.1, 0.15) is 0 Å². The van der Waals surface area contributed by atoms with Gasteiger partial charge in [0.2, 0.25) is 0 Å². The fraction of sp³-hybridized carbons (Fsp3) is 0.500. The Morgan fingerprint density at radius 1 is 1.41 bits per heavy atom. The molecule has 0 aliphatic carbocycles. The van der Waals surface area contributed by atoms with E-state index in [2.05, 4.69) is 19.2 Å². The molecule has 0 spiro atoms. The first kappa shape index (κ1) is 13.7. The van der Waals surface area contributed by atoms with Crippen LogP contribution in [0.3, 0.4) is 0 Å². The summed E-state index contributed by atoms with van der Waals surface area (Å²) in [5.41, 5.74) is 7.40. The maximum Gasteiger partial charge on any atom is 0.251 e. The molecule has 0 saturated carbocycles. The van der Waals surface area contributed by atoms with Gasteiger partial charge in [0.25, 0.3) is 5.91 Å². The normalized spacial score (nSPS) is 11.3. The number of benzene rings is 1. The van der Waals surface area contributed by atoms with E-state index in [4.69, 9.17) is 5.73 Å². The summed E-state index contributed by atoms with van der Waals surface area (Å²) in [5.74, 6) is -0.0150. The summed E-state index contributed by atoms with van der Waals surface area (Å²) >= 11 is 0. The van der Waals surface area contributed by atoms with Gasteiger partial charge >= 0.3 is 0 Å². The van der Waals surface area contributed by atoms with Crippen LogP contribution in [0.2, 0.25) is 0 Å². The third kappa shape index (κ3) is 4.57. The molecular formula is C14H22N2O. The Bertz CT molecular complexity index is 386. The van der Waals surface area contributed by atoms with Crippen LogP contribution in [-0.4, -0.2) is 19.0 Å². The highest BCUT2D eigenvalue weighted by Crippen LogP contribution is 2.17. The van der Waals surface area contributed by atoms with Crippen LogP contribution in [0.15, 0.2) is 24.3 Å². The number of hydrogen-bond acceptors (Lipinski definition) is 2. The highest BCUT2D eigenvalue weighted by molar-refractivity contribution is 5.94. The lowest BCUT2D eigenvalue weighted by atomic mass is 9.89. The molecule has 0 saturated heterocycles. The molecule has 0 aliphatic rings. The van der Waals surface area contributed by atoms with Gasteiger partial charge in [0.05, 0.1) is 0 Å². The van der Waals surface area contributed by atoms with E-state index in [0.29, 0.717) is 18.7 Å². The van der Waals surface area contributed by atoms with Crippen molar-refractivity contribution in [2.75, 3.05) is 13.1 Å². The highest BCUT2D eigenvalue weighted by Gasteiger charge is 2.18. The van der Waals surface area contributed by atoms with Crippen LogP contribution >= 0.6 is 0 Å². The van der Waals surface area contributed by atoms with Crippen molar-refractivity contribution in [1.29, 1.82) is 0 Å². The summed E-state index contributed by atoms with van der Waals surface area (Å²) in [6.45, 7) is 7.49. The zero-order valence-corrected chi connectivity index (χ0v) is 10.9. The van der Waals surface area contributed by atoms with Crippen LogP contribution in [0.4, 0.5) is 0 Å². The number of nitrogens with one attached hydrogen (secondary N) is 1. The average molecular weight is 234 g/mol. The Morgan fingerprint density at radius 3 is 2.71 bits per heavy atom. The zero-order chi connectivity index (χ0) is 12.9. The highest BCUT2D eigenvalue weighted by atomic mass is 16.1. The summed E-state index contributed by atoms with van der Waals surface area (Å²) < 4.78 is 0. The minimum Gasteiger partial charge on any atom is -0.352 e. The predicted octanol–water partition coefficient (Wildman–Crippen LogP) is 2.10. The van der Waals surface area contributed by atoms with Gasteiger partial charge in [-0.05, 0) is 37.4 Å². The second-order valence-electron chi connectivity index (χ2n) is 5.26. The summed E-state index contributed by atoms with van der Waals surface area (Å²) in [6, 6.07) is 7.61. The van der Waals surface area contributed by atoms with Gasteiger partial charge in [-0.1, -0.05) is 31.5 Å². The maximum atomic E-state index is 11.9. The number of hydrogen-bond donors (Lipinski definition) is 2. The van der Waals surface area contributed by atoms with Crippen molar-refractivity contribution in [3.63, 3.8) is 0 Å². The lowest BCUT2D eigenvalue weighted by molar-refractivity contribution is 0.0935. The molecule has 3 N–H and O–H groups in total. The molecule has 3 nitrogen and oxygen atoms in total.